The van der Waals surface area contributed by atoms with E-state index in [1.807, 2.05) is 6.92 Å². The minimum atomic E-state index is -0.603. The Bertz CT molecular complexity index is 644. The van der Waals surface area contributed by atoms with Crippen molar-refractivity contribution in [3.05, 3.63) is 12.0 Å². The molecular weight excluding hydrogens is 371 g/mol. The van der Waals surface area contributed by atoms with Crippen LogP contribution in [0.3, 0.4) is 0 Å². The van der Waals surface area contributed by atoms with Crippen LogP contribution in [0.2, 0.25) is 0 Å². The van der Waals surface area contributed by atoms with Gasteiger partial charge in [-0.15, -0.1) is 0 Å². The number of nitrogens with one attached hydrogen (secondary N) is 2. The molecule has 0 saturated carbocycles. The predicted octanol–water partition coefficient (Wildman–Crippen LogP) is 0.940. The molecule has 0 aliphatic carbocycles. The molecule has 1 aliphatic rings. The van der Waals surface area contributed by atoms with Gasteiger partial charge in [0.2, 0.25) is 18.3 Å². The lowest BCUT2D eigenvalue weighted by atomic mass is 10.0. The van der Waals surface area contributed by atoms with Crippen LogP contribution >= 0.6 is 0 Å². The van der Waals surface area contributed by atoms with Gasteiger partial charge in [-0.1, -0.05) is 26.2 Å². The van der Waals surface area contributed by atoms with Crippen LogP contribution in [0.25, 0.3) is 0 Å². The van der Waals surface area contributed by atoms with Crippen molar-refractivity contribution in [3.63, 3.8) is 0 Å². The molecule has 2 heterocycles. The summed E-state index contributed by atoms with van der Waals surface area (Å²) in [6, 6.07) is 0. The van der Waals surface area contributed by atoms with Crippen LogP contribution in [0.5, 0.6) is 0 Å². The number of ether oxygens (including phenoxy) is 1. The molecular formula is C17H27FN6O4. The SMILES string of the molecule is CCCCC[C@@H](CN(O)C=O)C(=O)NNc1ncc(F)c(N2CCOCC2)n1. The third kappa shape index (κ3) is 6.57. The molecule has 156 valence electrons. The van der Waals surface area contributed by atoms with Gasteiger partial charge in [0.25, 0.3) is 0 Å². The first-order chi connectivity index (χ1) is 13.5. The van der Waals surface area contributed by atoms with Gasteiger partial charge < -0.3 is 9.64 Å². The first kappa shape index (κ1) is 21.8. The number of halogens is 1. The number of morpholine rings is 1. The highest BCUT2D eigenvalue weighted by atomic mass is 19.1. The summed E-state index contributed by atoms with van der Waals surface area (Å²) in [6.07, 6.45) is 4.51. The highest BCUT2D eigenvalue weighted by molar-refractivity contribution is 5.80. The van der Waals surface area contributed by atoms with Crippen LogP contribution in [0, 0.1) is 11.7 Å². The molecule has 1 aliphatic heterocycles. The number of hydrogen-bond acceptors (Lipinski definition) is 8. The lowest BCUT2D eigenvalue weighted by Gasteiger charge is -2.28. The number of hydrazine groups is 1. The molecule has 0 unspecified atom stereocenters. The van der Waals surface area contributed by atoms with Crippen molar-refractivity contribution < 1.29 is 23.9 Å². The minimum Gasteiger partial charge on any atom is -0.378 e. The molecule has 1 fully saturated rings. The summed E-state index contributed by atoms with van der Waals surface area (Å²) in [7, 11) is 0. The molecule has 3 N–H and O–H groups in total. The fraction of sp³-hybridized carbons (Fsp3) is 0.647. The van der Waals surface area contributed by atoms with Gasteiger partial charge in [-0.25, -0.2) is 14.4 Å². The first-order valence-electron chi connectivity index (χ1n) is 9.37. The molecule has 10 nitrogen and oxygen atoms in total. The van der Waals surface area contributed by atoms with Crippen LogP contribution < -0.4 is 15.8 Å². The van der Waals surface area contributed by atoms with Crippen molar-refractivity contribution in [2.45, 2.75) is 32.6 Å². The molecule has 2 rings (SSSR count). The Hall–Kier alpha value is -2.53. The van der Waals surface area contributed by atoms with Crippen molar-refractivity contribution in [2.24, 2.45) is 5.92 Å². The van der Waals surface area contributed by atoms with Crippen molar-refractivity contribution in [3.8, 4) is 0 Å². The zero-order valence-electron chi connectivity index (χ0n) is 15.9. The number of rotatable bonds is 11. The fourth-order valence-electron chi connectivity index (χ4n) is 2.85. The zero-order valence-corrected chi connectivity index (χ0v) is 15.9. The second-order valence-electron chi connectivity index (χ2n) is 6.50. The summed E-state index contributed by atoms with van der Waals surface area (Å²) in [4.78, 5) is 32.8. The van der Waals surface area contributed by atoms with E-state index in [-0.39, 0.29) is 24.7 Å². The summed E-state index contributed by atoms with van der Waals surface area (Å²) in [5.41, 5.74) is 5.05. The average Bonchev–Trinajstić information content (AvgIpc) is 2.72. The Balaban J connectivity index is 1.97. The highest BCUT2D eigenvalue weighted by Gasteiger charge is 2.22. The van der Waals surface area contributed by atoms with Crippen LogP contribution in [-0.2, 0) is 14.3 Å². The first-order valence-corrected chi connectivity index (χ1v) is 9.37. The molecule has 0 aromatic carbocycles. The quantitative estimate of drug-likeness (QED) is 0.218. The van der Waals surface area contributed by atoms with Crippen LogP contribution in [0.1, 0.15) is 32.6 Å². The maximum atomic E-state index is 14.0. The lowest BCUT2D eigenvalue weighted by molar-refractivity contribution is -0.154. The minimum absolute atomic E-state index is 0.0415. The normalized spacial score (nSPS) is 15.0. The fourth-order valence-corrected chi connectivity index (χ4v) is 2.85. The zero-order chi connectivity index (χ0) is 20.4. The molecule has 1 aromatic heterocycles. The Morgan fingerprint density at radius 2 is 2.21 bits per heavy atom. The number of anilines is 2. The van der Waals surface area contributed by atoms with Crippen LogP contribution in [0.15, 0.2) is 6.20 Å². The van der Waals surface area contributed by atoms with E-state index in [0.29, 0.717) is 37.8 Å². The molecule has 0 bridgehead atoms. The van der Waals surface area contributed by atoms with Gasteiger partial charge in [-0.05, 0) is 6.42 Å². The van der Waals surface area contributed by atoms with Gasteiger partial charge in [0.1, 0.15) is 0 Å². The van der Waals surface area contributed by atoms with Gasteiger partial charge in [-0.3, -0.25) is 25.6 Å². The van der Waals surface area contributed by atoms with Gasteiger partial charge >= 0.3 is 0 Å². The molecule has 1 aromatic rings. The van der Waals surface area contributed by atoms with E-state index >= 15 is 0 Å². The van der Waals surface area contributed by atoms with Gasteiger partial charge in [-0.2, -0.15) is 4.98 Å². The van der Waals surface area contributed by atoms with Gasteiger partial charge in [0.15, 0.2) is 11.6 Å². The van der Waals surface area contributed by atoms with Crippen molar-refractivity contribution in [1.29, 1.82) is 0 Å². The summed E-state index contributed by atoms with van der Waals surface area (Å²) < 4.78 is 19.3. The van der Waals surface area contributed by atoms with Crippen molar-refractivity contribution in [1.82, 2.24) is 20.5 Å². The third-order valence-electron chi connectivity index (χ3n) is 4.39. The largest absolute Gasteiger partial charge is 0.378 e. The molecule has 28 heavy (non-hydrogen) atoms. The number of carbonyl (C=O) groups excluding carboxylic acids is 2. The Morgan fingerprint density at radius 3 is 2.89 bits per heavy atom. The predicted molar refractivity (Wildman–Crippen MR) is 99.0 cm³/mol. The van der Waals surface area contributed by atoms with E-state index in [1.54, 1.807) is 4.90 Å². The van der Waals surface area contributed by atoms with E-state index in [4.69, 9.17) is 4.74 Å². The number of amides is 2. The van der Waals surface area contributed by atoms with E-state index in [9.17, 15) is 19.2 Å². The maximum Gasteiger partial charge on any atom is 0.243 e. The third-order valence-corrected chi connectivity index (χ3v) is 4.39. The summed E-state index contributed by atoms with van der Waals surface area (Å²) >= 11 is 0. The van der Waals surface area contributed by atoms with Gasteiger partial charge in [0, 0.05) is 13.1 Å². The second-order valence-corrected chi connectivity index (χ2v) is 6.50. The smallest absolute Gasteiger partial charge is 0.243 e. The van der Waals surface area contributed by atoms with E-state index < -0.39 is 17.6 Å². The summed E-state index contributed by atoms with van der Waals surface area (Å²) in [5, 5.41) is 9.86. The topological polar surface area (TPSA) is 120 Å². The monoisotopic (exact) mass is 398 g/mol. The van der Waals surface area contributed by atoms with Gasteiger partial charge in [0.05, 0.1) is 31.9 Å². The molecule has 1 saturated heterocycles. The van der Waals surface area contributed by atoms with Crippen molar-refractivity contribution >= 4 is 24.1 Å². The Kier molecular flexibility index (Phi) is 8.82. The molecule has 2 amide bonds. The van der Waals surface area contributed by atoms with Crippen LogP contribution in [0.4, 0.5) is 16.2 Å². The van der Waals surface area contributed by atoms with Crippen molar-refractivity contribution in [2.75, 3.05) is 43.2 Å². The Labute approximate surface area is 163 Å². The molecule has 11 heteroatoms. The van der Waals surface area contributed by atoms with E-state index in [0.717, 1.165) is 25.5 Å². The number of nitrogens with zero attached hydrogens (tertiary/aromatic N) is 4. The highest BCUT2D eigenvalue weighted by Crippen LogP contribution is 2.18. The number of aromatic nitrogens is 2. The average molecular weight is 398 g/mol. The van der Waals surface area contributed by atoms with E-state index in [1.165, 1.54) is 0 Å². The lowest BCUT2D eigenvalue weighted by Crippen LogP contribution is -2.41. The Morgan fingerprint density at radius 1 is 1.46 bits per heavy atom. The summed E-state index contributed by atoms with van der Waals surface area (Å²) in [5.74, 6) is -1.40. The second kappa shape index (κ2) is 11.3. The van der Waals surface area contributed by atoms with Crippen LogP contribution in [-0.4, -0.2) is 65.4 Å². The standard InChI is InChI=1S/C17H27FN6O4/c1-2-3-4-5-13(11-24(27)12-25)16(26)21-22-17-19-10-14(18)15(20-17)23-6-8-28-9-7-23/h10,12-13,27H,2-9,11H2,1H3,(H,21,26)(H,19,20,22)/t13-/m0/s1. The summed E-state index contributed by atoms with van der Waals surface area (Å²) in [6.45, 7) is 3.91. The molecule has 0 radical (unpaired) electrons. The maximum absolute atomic E-state index is 14.0. The number of hydroxylamine groups is 2. The number of unbranched alkanes of at least 4 members (excludes halogenated alkanes) is 2. The number of carbonyl (C=O) groups is 2. The number of hydrogen-bond donors (Lipinski definition) is 3. The molecule has 0 spiro atoms. The molecule has 1 atom stereocenters. The van der Waals surface area contributed by atoms with E-state index in [2.05, 4.69) is 20.8 Å².